The van der Waals surface area contributed by atoms with Gasteiger partial charge in [0.2, 0.25) is 5.91 Å². The van der Waals surface area contributed by atoms with Gasteiger partial charge in [0.25, 0.3) is 0 Å². The number of nitrogens with zero attached hydrogens (tertiary/aromatic N) is 1. The Morgan fingerprint density at radius 1 is 1.04 bits per heavy atom. The van der Waals surface area contributed by atoms with Crippen LogP contribution in [0.3, 0.4) is 0 Å². The van der Waals surface area contributed by atoms with E-state index in [1.54, 1.807) is 5.38 Å². The molecular weight excluding hydrogens is 372 g/mol. The van der Waals surface area contributed by atoms with Crippen molar-refractivity contribution in [2.24, 2.45) is 0 Å². The highest BCUT2D eigenvalue weighted by atomic mass is 32.1. The minimum atomic E-state index is -0.362. The molecule has 6 nitrogen and oxygen atoms in total. The van der Waals surface area contributed by atoms with E-state index >= 15 is 0 Å². The number of thiazole rings is 1. The standard InChI is InChI=1S/C21H22N4O2S/c1-15-6-5-9-17(12-15)23-20(27)25-21-24-18(14-28-21)13-19(26)22-11-10-16-7-3-2-4-8-16/h2-9,12,14H,10-11,13H2,1H3,(H,22,26)(H2,23,24,25,27). The molecule has 3 N–H and O–H groups in total. The molecule has 3 amide bonds. The van der Waals surface area contributed by atoms with E-state index in [0.717, 1.165) is 12.0 Å². The molecule has 28 heavy (non-hydrogen) atoms. The Morgan fingerprint density at radius 2 is 1.86 bits per heavy atom. The Labute approximate surface area is 168 Å². The first-order valence-corrected chi connectivity index (χ1v) is 9.86. The first kappa shape index (κ1) is 19.6. The third-order valence-corrected chi connectivity index (χ3v) is 4.78. The van der Waals surface area contributed by atoms with E-state index in [1.165, 1.54) is 16.9 Å². The zero-order valence-corrected chi connectivity index (χ0v) is 16.4. The van der Waals surface area contributed by atoms with Crippen molar-refractivity contribution in [3.8, 4) is 0 Å². The summed E-state index contributed by atoms with van der Waals surface area (Å²) in [6, 6.07) is 17.2. The molecule has 0 aliphatic heterocycles. The summed E-state index contributed by atoms with van der Waals surface area (Å²) < 4.78 is 0. The molecular formula is C21H22N4O2S. The highest BCUT2D eigenvalue weighted by Crippen LogP contribution is 2.17. The predicted octanol–water partition coefficient (Wildman–Crippen LogP) is 4.00. The molecule has 1 aromatic heterocycles. The third kappa shape index (κ3) is 6.21. The molecule has 7 heteroatoms. The van der Waals surface area contributed by atoms with Crippen LogP contribution in [0, 0.1) is 6.92 Å². The van der Waals surface area contributed by atoms with Crippen molar-refractivity contribution >= 4 is 34.1 Å². The SMILES string of the molecule is Cc1cccc(NC(=O)Nc2nc(CC(=O)NCCc3ccccc3)cs2)c1. The summed E-state index contributed by atoms with van der Waals surface area (Å²) in [4.78, 5) is 28.4. The fraction of sp³-hybridized carbons (Fsp3) is 0.190. The van der Waals surface area contributed by atoms with Gasteiger partial charge in [0.05, 0.1) is 12.1 Å². The average molecular weight is 395 g/mol. The highest BCUT2D eigenvalue weighted by molar-refractivity contribution is 7.14. The molecule has 0 atom stereocenters. The number of carbonyl (C=O) groups is 2. The summed E-state index contributed by atoms with van der Waals surface area (Å²) in [5, 5.41) is 10.6. The summed E-state index contributed by atoms with van der Waals surface area (Å²) in [6.07, 6.45) is 0.974. The number of aromatic nitrogens is 1. The van der Waals surface area contributed by atoms with Gasteiger partial charge < -0.3 is 10.6 Å². The van der Waals surface area contributed by atoms with E-state index in [1.807, 2.05) is 61.5 Å². The summed E-state index contributed by atoms with van der Waals surface area (Å²) in [6.45, 7) is 2.54. The van der Waals surface area contributed by atoms with Gasteiger partial charge in [-0.25, -0.2) is 9.78 Å². The summed E-state index contributed by atoms with van der Waals surface area (Å²) in [7, 11) is 0. The van der Waals surface area contributed by atoms with Crippen LogP contribution >= 0.6 is 11.3 Å². The zero-order chi connectivity index (χ0) is 19.8. The van der Waals surface area contributed by atoms with E-state index in [9.17, 15) is 9.59 Å². The van der Waals surface area contributed by atoms with Crippen LogP contribution in [0.1, 0.15) is 16.8 Å². The normalized spacial score (nSPS) is 10.3. The minimum absolute atomic E-state index is 0.0861. The molecule has 3 aromatic rings. The fourth-order valence-corrected chi connectivity index (χ4v) is 3.35. The van der Waals surface area contributed by atoms with Crippen LogP contribution in [0.25, 0.3) is 0 Å². The molecule has 0 aliphatic carbocycles. The van der Waals surface area contributed by atoms with Gasteiger partial charge >= 0.3 is 6.03 Å². The van der Waals surface area contributed by atoms with Crippen LogP contribution in [-0.2, 0) is 17.6 Å². The Bertz CT molecular complexity index is 940. The fourth-order valence-electron chi connectivity index (χ4n) is 2.65. The van der Waals surface area contributed by atoms with Crippen molar-refractivity contribution in [2.45, 2.75) is 19.8 Å². The number of nitrogens with one attached hydrogen (secondary N) is 3. The van der Waals surface area contributed by atoms with Gasteiger partial charge in [0.1, 0.15) is 0 Å². The van der Waals surface area contributed by atoms with Crippen LogP contribution < -0.4 is 16.0 Å². The first-order valence-electron chi connectivity index (χ1n) is 8.98. The number of aryl methyl sites for hydroxylation is 1. The first-order chi connectivity index (χ1) is 13.6. The van der Waals surface area contributed by atoms with E-state index in [0.29, 0.717) is 23.1 Å². The highest BCUT2D eigenvalue weighted by Gasteiger charge is 2.10. The van der Waals surface area contributed by atoms with Gasteiger partial charge in [-0.3, -0.25) is 10.1 Å². The van der Waals surface area contributed by atoms with Gasteiger partial charge in [0.15, 0.2) is 5.13 Å². The molecule has 2 aromatic carbocycles. The van der Waals surface area contributed by atoms with Gasteiger partial charge in [-0.1, -0.05) is 42.5 Å². The Morgan fingerprint density at radius 3 is 2.64 bits per heavy atom. The van der Waals surface area contributed by atoms with E-state index < -0.39 is 0 Å². The number of benzene rings is 2. The van der Waals surface area contributed by atoms with Crippen molar-refractivity contribution in [1.29, 1.82) is 0 Å². The number of urea groups is 1. The van der Waals surface area contributed by atoms with Crippen molar-refractivity contribution in [1.82, 2.24) is 10.3 Å². The lowest BCUT2D eigenvalue weighted by Crippen LogP contribution is -2.27. The van der Waals surface area contributed by atoms with Crippen LogP contribution in [0.2, 0.25) is 0 Å². The Kier molecular flexibility index (Phi) is 6.75. The molecule has 0 saturated heterocycles. The second-order valence-electron chi connectivity index (χ2n) is 6.35. The molecule has 0 radical (unpaired) electrons. The maximum Gasteiger partial charge on any atom is 0.325 e. The average Bonchev–Trinajstić information content (AvgIpc) is 3.09. The van der Waals surface area contributed by atoms with Gasteiger partial charge in [0, 0.05) is 17.6 Å². The predicted molar refractivity (Wildman–Crippen MR) is 113 cm³/mol. The lowest BCUT2D eigenvalue weighted by Gasteiger charge is -2.06. The molecule has 1 heterocycles. The summed E-state index contributed by atoms with van der Waals surface area (Å²) >= 11 is 1.29. The van der Waals surface area contributed by atoms with Gasteiger partial charge in [-0.2, -0.15) is 0 Å². The summed E-state index contributed by atoms with van der Waals surface area (Å²) in [5.41, 5.74) is 3.59. The Hall–Kier alpha value is -3.19. The smallest absolute Gasteiger partial charge is 0.325 e. The summed E-state index contributed by atoms with van der Waals surface area (Å²) in [5.74, 6) is -0.0861. The third-order valence-electron chi connectivity index (χ3n) is 3.97. The monoisotopic (exact) mass is 394 g/mol. The van der Waals surface area contributed by atoms with Crippen molar-refractivity contribution in [3.63, 3.8) is 0 Å². The molecule has 0 bridgehead atoms. The largest absolute Gasteiger partial charge is 0.355 e. The lowest BCUT2D eigenvalue weighted by molar-refractivity contribution is -0.120. The van der Waals surface area contributed by atoms with E-state index in [2.05, 4.69) is 20.9 Å². The molecule has 0 fully saturated rings. The topological polar surface area (TPSA) is 83.1 Å². The number of anilines is 2. The van der Waals surface area contributed by atoms with Crippen LogP contribution in [0.5, 0.6) is 0 Å². The van der Waals surface area contributed by atoms with Crippen molar-refractivity contribution in [3.05, 3.63) is 76.8 Å². The number of hydrogen-bond donors (Lipinski definition) is 3. The minimum Gasteiger partial charge on any atom is -0.355 e. The number of rotatable bonds is 7. The molecule has 0 spiro atoms. The quantitative estimate of drug-likeness (QED) is 0.566. The second-order valence-corrected chi connectivity index (χ2v) is 7.21. The maximum absolute atomic E-state index is 12.1. The maximum atomic E-state index is 12.1. The number of carbonyl (C=O) groups excluding carboxylic acids is 2. The Balaban J connectivity index is 1.43. The zero-order valence-electron chi connectivity index (χ0n) is 15.6. The van der Waals surface area contributed by atoms with Gasteiger partial charge in [-0.05, 0) is 36.6 Å². The molecule has 144 valence electrons. The molecule has 0 saturated carbocycles. The van der Waals surface area contributed by atoms with E-state index in [4.69, 9.17) is 0 Å². The van der Waals surface area contributed by atoms with E-state index in [-0.39, 0.29) is 18.4 Å². The number of hydrogen-bond acceptors (Lipinski definition) is 4. The molecule has 3 rings (SSSR count). The van der Waals surface area contributed by atoms with Crippen LogP contribution in [0.15, 0.2) is 60.0 Å². The van der Waals surface area contributed by atoms with Crippen molar-refractivity contribution < 1.29 is 9.59 Å². The molecule has 0 unspecified atom stereocenters. The van der Waals surface area contributed by atoms with Crippen LogP contribution in [-0.4, -0.2) is 23.5 Å². The van der Waals surface area contributed by atoms with Gasteiger partial charge in [-0.15, -0.1) is 11.3 Å². The number of amides is 3. The van der Waals surface area contributed by atoms with Crippen LogP contribution in [0.4, 0.5) is 15.6 Å². The van der Waals surface area contributed by atoms with Crippen molar-refractivity contribution in [2.75, 3.05) is 17.2 Å². The second kappa shape index (κ2) is 9.66. The lowest BCUT2D eigenvalue weighted by atomic mass is 10.1. The molecule has 0 aliphatic rings.